The smallest absolute Gasteiger partial charge is 0.272 e. The van der Waals surface area contributed by atoms with Gasteiger partial charge in [-0.15, -0.1) is 0 Å². The molecule has 1 amide bonds. The Hall–Kier alpha value is -2.41. The number of piperidine rings is 1. The first-order valence-corrected chi connectivity index (χ1v) is 9.90. The molecule has 144 valence electrons. The minimum Gasteiger partial charge on any atom is -0.396 e. The highest BCUT2D eigenvalue weighted by Gasteiger charge is 2.26. The Kier molecular flexibility index (Phi) is 5.38. The summed E-state index contributed by atoms with van der Waals surface area (Å²) in [6, 6.07) is 6.23. The summed E-state index contributed by atoms with van der Waals surface area (Å²) in [5.41, 5.74) is 2.47. The summed E-state index contributed by atoms with van der Waals surface area (Å²) < 4.78 is 0. The van der Waals surface area contributed by atoms with Crippen molar-refractivity contribution in [3.63, 3.8) is 0 Å². The lowest BCUT2D eigenvalue weighted by atomic mass is 9.99. The van der Waals surface area contributed by atoms with Crippen molar-refractivity contribution in [2.45, 2.75) is 57.0 Å². The summed E-state index contributed by atoms with van der Waals surface area (Å²) >= 11 is 0. The number of carbonyl (C=O) groups excluding carboxylic acids is 1. The number of nitrogens with zero attached hydrogens (tertiary/aromatic N) is 3. The monoisotopic (exact) mass is 369 g/mol. The average molecular weight is 369 g/mol. The lowest BCUT2D eigenvalue weighted by molar-refractivity contribution is 0.0946. The van der Waals surface area contributed by atoms with Crippen LogP contribution in [0.4, 0.5) is 5.82 Å². The summed E-state index contributed by atoms with van der Waals surface area (Å²) in [7, 11) is 0. The van der Waals surface area contributed by atoms with Gasteiger partial charge in [0.25, 0.3) is 5.91 Å². The van der Waals surface area contributed by atoms with Gasteiger partial charge in [0, 0.05) is 43.5 Å². The fraction of sp³-hybridized carbons (Fsp3) is 0.550. The second kappa shape index (κ2) is 8.08. The van der Waals surface area contributed by atoms with Crippen LogP contribution >= 0.6 is 0 Å². The van der Waals surface area contributed by atoms with Gasteiger partial charge in [0.2, 0.25) is 0 Å². The summed E-state index contributed by atoms with van der Waals surface area (Å²) in [5, 5.41) is 19.3. The van der Waals surface area contributed by atoms with Crippen molar-refractivity contribution in [2.24, 2.45) is 0 Å². The van der Waals surface area contributed by atoms with Crippen molar-refractivity contribution in [3.8, 4) is 0 Å². The molecule has 1 aliphatic heterocycles. The molecule has 2 aromatic heterocycles. The molecule has 0 radical (unpaired) electrons. The van der Waals surface area contributed by atoms with Gasteiger partial charge >= 0.3 is 0 Å². The molecule has 0 bridgehead atoms. The van der Waals surface area contributed by atoms with E-state index in [1.165, 1.54) is 19.3 Å². The molecule has 7 nitrogen and oxygen atoms in total. The molecular weight excluding hydrogens is 342 g/mol. The minimum atomic E-state index is -0.165. The van der Waals surface area contributed by atoms with Crippen LogP contribution in [0.15, 0.2) is 24.4 Å². The standard InChI is InChI=1S/C20H27N5O2/c26-10-8-16-3-1-2-9-25(16)19-7-4-14(12-21-19)13-22-20(27)18-11-17(23-24-18)15-5-6-15/h4,7,11-12,15-16,26H,1-3,5-6,8-10,13H2,(H,22,27)(H,23,24)/t16-/m0/s1. The quantitative estimate of drug-likeness (QED) is 0.696. The zero-order valence-electron chi connectivity index (χ0n) is 15.5. The topological polar surface area (TPSA) is 94.1 Å². The minimum absolute atomic E-state index is 0.165. The molecule has 1 aliphatic carbocycles. The highest BCUT2D eigenvalue weighted by atomic mass is 16.3. The Morgan fingerprint density at radius 2 is 2.19 bits per heavy atom. The first-order valence-electron chi connectivity index (χ1n) is 9.90. The number of amides is 1. The van der Waals surface area contributed by atoms with E-state index < -0.39 is 0 Å². The molecule has 27 heavy (non-hydrogen) atoms. The van der Waals surface area contributed by atoms with Gasteiger partial charge in [-0.1, -0.05) is 6.07 Å². The predicted molar refractivity (Wildman–Crippen MR) is 103 cm³/mol. The fourth-order valence-corrected chi connectivity index (χ4v) is 3.77. The third kappa shape index (κ3) is 4.30. The van der Waals surface area contributed by atoms with Gasteiger partial charge in [-0.25, -0.2) is 4.98 Å². The van der Waals surface area contributed by atoms with E-state index in [-0.39, 0.29) is 12.5 Å². The van der Waals surface area contributed by atoms with Crippen LogP contribution in [0.25, 0.3) is 0 Å². The van der Waals surface area contributed by atoms with E-state index in [1.54, 1.807) is 0 Å². The first-order chi connectivity index (χ1) is 13.2. The zero-order chi connectivity index (χ0) is 18.6. The number of hydrogen-bond acceptors (Lipinski definition) is 5. The van der Waals surface area contributed by atoms with E-state index in [0.717, 1.165) is 42.9 Å². The summed E-state index contributed by atoms with van der Waals surface area (Å²) in [6.07, 6.45) is 8.43. The largest absolute Gasteiger partial charge is 0.396 e. The number of aromatic amines is 1. The van der Waals surface area contributed by atoms with Gasteiger partial charge in [0.05, 0.1) is 0 Å². The second-order valence-electron chi connectivity index (χ2n) is 7.55. The van der Waals surface area contributed by atoms with Gasteiger partial charge in [0.1, 0.15) is 11.5 Å². The number of carbonyl (C=O) groups is 1. The van der Waals surface area contributed by atoms with Crippen LogP contribution in [0.5, 0.6) is 0 Å². The molecule has 3 N–H and O–H groups in total. The Morgan fingerprint density at radius 1 is 1.30 bits per heavy atom. The molecule has 2 fully saturated rings. The zero-order valence-corrected chi connectivity index (χ0v) is 15.5. The summed E-state index contributed by atoms with van der Waals surface area (Å²) in [5.74, 6) is 1.34. The van der Waals surface area contributed by atoms with Crippen molar-refractivity contribution in [1.82, 2.24) is 20.5 Å². The molecule has 7 heteroatoms. The summed E-state index contributed by atoms with van der Waals surface area (Å²) in [4.78, 5) is 19.1. The van der Waals surface area contributed by atoms with E-state index in [0.29, 0.717) is 24.2 Å². The predicted octanol–water partition coefficient (Wildman–Crippen LogP) is 2.35. The van der Waals surface area contributed by atoms with Crippen molar-refractivity contribution in [3.05, 3.63) is 41.3 Å². The van der Waals surface area contributed by atoms with Crippen LogP contribution in [0.3, 0.4) is 0 Å². The van der Waals surface area contributed by atoms with Crippen molar-refractivity contribution >= 4 is 11.7 Å². The van der Waals surface area contributed by atoms with Gasteiger partial charge in [-0.3, -0.25) is 9.89 Å². The lowest BCUT2D eigenvalue weighted by Gasteiger charge is -2.36. The normalized spacial score (nSPS) is 19.9. The molecule has 1 saturated heterocycles. The van der Waals surface area contributed by atoms with Gasteiger partial charge in [-0.05, 0) is 56.2 Å². The van der Waals surface area contributed by atoms with Crippen LogP contribution in [0.1, 0.15) is 66.2 Å². The van der Waals surface area contributed by atoms with Crippen molar-refractivity contribution in [1.29, 1.82) is 0 Å². The van der Waals surface area contributed by atoms with Crippen molar-refractivity contribution in [2.75, 3.05) is 18.1 Å². The lowest BCUT2D eigenvalue weighted by Crippen LogP contribution is -2.40. The Bertz CT molecular complexity index is 767. The Morgan fingerprint density at radius 3 is 2.93 bits per heavy atom. The average Bonchev–Trinajstić information content (AvgIpc) is 3.44. The van der Waals surface area contributed by atoms with E-state index >= 15 is 0 Å². The molecule has 4 rings (SSSR count). The second-order valence-corrected chi connectivity index (χ2v) is 7.55. The SMILES string of the molecule is O=C(NCc1ccc(N2CCCC[C@H]2CCO)nc1)c1cc(C2CC2)[nH]n1. The molecule has 0 aromatic carbocycles. The van der Waals surface area contributed by atoms with E-state index in [4.69, 9.17) is 0 Å². The van der Waals surface area contributed by atoms with Gasteiger partial charge in [0.15, 0.2) is 0 Å². The Labute approximate surface area is 159 Å². The third-order valence-corrected chi connectivity index (χ3v) is 5.49. The summed E-state index contributed by atoms with van der Waals surface area (Å²) in [6.45, 7) is 1.62. The number of aromatic nitrogens is 3. The Balaban J connectivity index is 1.33. The fourth-order valence-electron chi connectivity index (χ4n) is 3.77. The number of aliphatic hydroxyl groups excluding tert-OH is 1. The number of anilines is 1. The number of hydrogen-bond donors (Lipinski definition) is 3. The molecule has 3 heterocycles. The maximum Gasteiger partial charge on any atom is 0.272 e. The van der Waals surface area contributed by atoms with Gasteiger partial charge < -0.3 is 15.3 Å². The third-order valence-electron chi connectivity index (χ3n) is 5.49. The number of nitrogens with one attached hydrogen (secondary N) is 2. The van der Waals surface area contributed by atoms with Crippen LogP contribution in [-0.4, -0.2) is 45.4 Å². The number of pyridine rings is 1. The van der Waals surface area contributed by atoms with Crippen LogP contribution in [-0.2, 0) is 6.54 Å². The number of rotatable bonds is 7. The molecule has 0 spiro atoms. The highest BCUT2D eigenvalue weighted by molar-refractivity contribution is 5.92. The molecule has 1 saturated carbocycles. The van der Waals surface area contributed by atoms with E-state index in [2.05, 4.69) is 25.4 Å². The maximum atomic E-state index is 12.3. The van der Waals surface area contributed by atoms with Gasteiger partial charge in [-0.2, -0.15) is 5.10 Å². The molecular formula is C20H27N5O2. The van der Waals surface area contributed by atoms with Crippen LogP contribution in [0.2, 0.25) is 0 Å². The van der Waals surface area contributed by atoms with E-state index in [1.807, 2.05) is 24.4 Å². The number of H-pyrrole nitrogens is 1. The highest BCUT2D eigenvalue weighted by Crippen LogP contribution is 2.38. The van der Waals surface area contributed by atoms with Crippen LogP contribution in [0, 0.1) is 0 Å². The van der Waals surface area contributed by atoms with Crippen molar-refractivity contribution < 1.29 is 9.90 Å². The molecule has 2 aromatic rings. The number of aliphatic hydroxyl groups is 1. The molecule has 2 aliphatic rings. The van der Waals surface area contributed by atoms with Crippen LogP contribution < -0.4 is 10.2 Å². The maximum absolute atomic E-state index is 12.3. The molecule has 1 atom stereocenters. The first kappa shape index (κ1) is 18.0. The molecule has 0 unspecified atom stereocenters. The van der Waals surface area contributed by atoms with E-state index in [9.17, 15) is 9.90 Å².